The Morgan fingerprint density at radius 2 is 1.84 bits per heavy atom. The standard InChI is InChI=1S/C16H35N3/c1-7-19-10-8-15(9-11-19)14(2)17-12-16(3,4)13-18(5)6/h14-15,17H,7-13H2,1-6H3. The molecule has 1 N–H and O–H groups in total. The number of nitrogens with zero attached hydrogens (tertiary/aromatic N) is 2. The molecule has 0 amide bonds. The minimum absolute atomic E-state index is 0.349. The smallest absolute Gasteiger partial charge is 0.00681 e. The Hall–Kier alpha value is -0.120. The van der Waals surface area contributed by atoms with E-state index in [1.807, 2.05) is 0 Å². The van der Waals surface area contributed by atoms with Crippen molar-refractivity contribution < 1.29 is 0 Å². The molecule has 1 heterocycles. The molecule has 0 bridgehead atoms. The van der Waals surface area contributed by atoms with Gasteiger partial charge in [-0.25, -0.2) is 0 Å². The van der Waals surface area contributed by atoms with Crippen LogP contribution in [-0.4, -0.2) is 62.7 Å². The third-order valence-corrected chi connectivity index (χ3v) is 4.43. The SMILES string of the molecule is CCN1CCC(C(C)NCC(C)(C)CN(C)C)CC1. The van der Waals surface area contributed by atoms with Crippen molar-refractivity contribution in [3.8, 4) is 0 Å². The molecule has 1 aliphatic heterocycles. The van der Waals surface area contributed by atoms with Gasteiger partial charge in [0.1, 0.15) is 0 Å². The van der Waals surface area contributed by atoms with Crippen LogP contribution in [0.15, 0.2) is 0 Å². The van der Waals surface area contributed by atoms with Crippen LogP contribution in [0.3, 0.4) is 0 Å². The molecule has 0 aliphatic carbocycles. The molecule has 0 spiro atoms. The summed E-state index contributed by atoms with van der Waals surface area (Å²) < 4.78 is 0. The summed E-state index contributed by atoms with van der Waals surface area (Å²) in [5.41, 5.74) is 0.349. The van der Waals surface area contributed by atoms with E-state index in [9.17, 15) is 0 Å². The summed E-state index contributed by atoms with van der Waals surface area (Å²) in [5.74, 6) is 0.859. The van der Waals surface area contributed by atoms with Crippen molar-refractivity contribution in [2.45, 2.75) is 46.6 Å². The van der Waals surface area contributed by atoms with Gasteiger partial charge in [0.05, 0.1) is 0 Å². The highest BCUT2D eigenvalue weighted by Crippen LogP contribution is 2.22. The maximum absolute atomic E-state index is 3.79. The van der Waals surface area contributed by atoms with E-state index >= 15 is 0 Å². The third-order valence-electron chi connectivity index (χ3n) is 4.43. The summed E-state index contributed by atoms with van der Waals surface area (Å²) in [6.07, 6.45) is 2.71. The molecular formula is C16H35N3. The molecule has 19 heavy (non-hydrogen) atoms. The Labute approximate surface area is 120 Å². The van der Waals surface area contributed by atoms with Crippen molar-refractivity contribution >= 4 is 0 Å². The normalized spacial score (nSPS) is 21.0. The van der Waals surface area contributed by atoms with Crippen LogP contribution < -0.4 is 5.32 Å². The van der Waals surface area contributed by atoms with Gasteiger partial charge in [-0.1, -0.05) is 20.8 Å². The number of nitrogens with one attached hydrogen (secondary N) is 1. The Morgan fingerprint density at radius 3 is 2.32 bits per heavy atom. The summed E-state index contributed by atoms with van der Waals surface area (Å²) in [5, 5.41) is 3.79. The van der Waals surface area contributed by atoms with Gasteiger partial charge in [-0.3, -0.25) is 0 Å². The van der Waals surface area contributed by atoms with E-state index in [1.165, 1.54) is 32.5 Å². The summed E-state index contributed by atoms with van der Waals surface area (Å²) in [6, 6.07) is 0.653. The zero-order valence-electron chi connectivity index (χ0n) is 14.0. The maximum Gasteiger partial charge on any atom is 0.00681 e. The fourth-order valence-electron chi connectivity index (χ4n) is 3.29. The van der Waals surface area contributed by atoms with Gasteiger partial charge in [0.2, 0.25) is 0 Å². The highest BCUT2D eigenvalue weighted by molar-refractivity contribution is 4.82. The topological polar surface area (TPSA) is 18.5 Å². The fourth-order valence-corrected chi connectivity index (χ4v) is 3.29. The quantitative estimate of drug-likeness (QED) is 0.765. The first-order valence-electron chi connectivity index (χ1n) is 7.94. The first kappa shape index (κ1) is 16.9. The van der Waals surface area contributed by atoms with Crippen LogP contribution in [0, 0.1) is 11.3 Å². The number of likely N-dealkylation sites (tertiary alicyclic amines) is 1. The molecule has 0 saturated carbocycles. The van der Waals surface area contributed by atoms with Crippen LogP contribution in [0.25, 0.3) is 0 Å². The van der Waals surface area contributed by atoms with Gasteiger partial charge in [-0.2, -0.15) is 0 Å². The van der Waals surface area contributed by atoms with Gasteiger partial charge in [0.15, 0.2) is 0 Å². The minimum atomic E-state index is 0.349. The van der Waals surface area contributed by atoms with Gasteiger partial charge in [0.25, 0.3) is 0 Å². The maximum atomic E-state index is 3.79. The van der Waals surface area contributed by atoms with Crippen LogP contribution >= 0.6 is 0 Å². The van der Waals surface area contributed by atoms with Crippen molar-refractivity contribution in [3.63, 3.8) is 0 Å². The van der Waals surface area contributed by atoms with Crippen LogP contribution in [-0.2, 0) is 0 Å². The van der Waals surface area contributed by atoms with Gasteiger partial charge in [0, 0.05) is 19.1 Å². The predicted octanol–water partition coefficient (Wildman–Crippen LogP) is 2.28. The number of hydrogen-bond acceptors (Lipinski definition) is 3. The molecule has 114 valence electrons. The van der Waals surface area contributed by atoms with Crippen molar-refractivity contribution in [3.05, 3.63) is 0 Å². The van der Waals surface area contributed by atoms with Crippen molar-refractivity contribution in [1.29, 1.82) is 0 Å². The molecule has 1 saturated heterocycles. The first-order chi connectivity index (χ1) is 8.84. The zero-order valence-corrected chi connectivity index (χ0v) is 14.0. The first-order valence-corrected chi connectivity index (χ1v) is 7.94. The molecule has 1 aliphatic rings. The van der Waals surface area contributed by atoms with E-state index in [0.717, 1.165) is 19.0 Å². The number of rotatable bonds is 7. The second-order valence-electron chi connectivity index (χ2n) is 7.34. The summed E-state index contributed by atoms with van der Waals surface area (Å²) in [6.45, 7) is 15.4. The average Bonchev–Trinajstić information content (AvgIpc) is 2.34. The number of piperidine rings is 1. The molecule has 3 nitrogen and oxygen atoms in total. The lowest BCUT2D eigenvalue weighted by Crippen LogP contribution is -2.46. The zero-order chi connectivity index (χ0) is 14.5. The van der Waals surface area contributed by atoms with Crippen LogP contribution in [0.4, 0.5) is 0 Å². The third kappa shape index (κ3) is 6.24. The van der Waals surface area contributed by atoms with Crippen LogP contribution in [0.2, 0.25) is 0 Å². The number of hydrogen-bond donors (Lipinski definition) is 1. The molecule has 0 radical (unpaired) electrons. The molecule has 0 aromatic carbocycles. The van der Waals surface area contributed by atoms with Crippen molar-refractivity contribution in [2.24, 2.45) is 11.3 Å². The lowest BCUT2D eigenvalue weighted by atomic mass is 9.88. The molecule has 1 fully saturated rings. The fraction of sp³-hybridized carbons (Fsp3) is 1.00. The highest BCUT2D eigenvalue weighted by Gasteiger charge is 2.25. The van der Waals surface area contributed by atoms with Gasteiger partial charge >= 0.3 is 0 Å². The van der Waals surface area contributed by atoms with Crippen LogP contribution in [0.1, 0.15) is 40.5 Å². The van der Waals surface area contributed by atoms with Crippen LogP contribution in [0.5, 0.6) is 0 Å². The largest absolute Gasteiger partial charge is 0.313 e. The van der Waals surface area contributed by atoms with Gasteiger partial charge in [-0.15, -0.1) is 0 Å². The van der Waals surface area contributed by atoms with Gasteiger partial charge in [-0.05, 0) is 64.8 Å². The second kappa shape index (κ2) is 7.61. The van der Waals surface area contributed by atoms with E-state index in [0.29, 0.717) is 11.5 Å². The molecule has 1 rings (SSSR count). The Kier molecular flexibility index (Phi) is 6.78. The lowest BCUT2D eigenvalue weighted by Gasteiger charge is -2.36. The van der Waals surface area contributed by atoms with E-state index in [1.54, 1.807) is 0 Å². The summed E-state index contributed by atoms with van der Waals surface area (Å²) >= 11 is 0. The van der Waals surface area contributed by atoms with Crippen molar-refractivity contribution in [1.82, 2.24) is 15.1 Å². The molecule has 1 unspecified atom stereocenters. The van der Waals surface area contributed by atoms with E-state index in [2.05, 4.69) is 56.9 Å². The Balaban J connectivity index is 2.29. The highest BCUT2D eigenvalue weighted by atomic mass is 15.1. The van der Waals surface area contributed by atoms with Gasteiger partial charge < -0.3 is 15.1 Å². The van der Waals surface area contributed by atoms with E-state index in [4.69, 9.17) is 0 Å². The molecule has 0 aromatic heterocycles. The average molecular weight is 269 g/mol. The summed E-state index contributed by atoms with van der Waals surface area (Å²) in [7, 11) is 4.32. The Bertz CT molecular complexity index is 242. The lowest BCUT2D eigenvalue weighted by molar-refractivity contribution is 0.157. The second-order valence-corrected chi connectivity index (χ2v) is 7.34. The minimum Gasteiger partial charge on any atom is -0.313 e. The molecular weight excluding hydrogens is 234 g/mol. The molecule has 0 aromatic rings. The Morgan fingerprint density at radius 1 is 1.26 bits per heavy atom. The molecule has 3 heteroatoms. The molecule has 1 atom stereocenters. The summed E-state index contributed by atoms with van der Waals surface area (Å²) in [4.78, 5) is 4.85. The van der Waals surface area contributed by atoms with Crippen molar-refractivity contribution in [2.75, 3.05) is 46.8 Å². The van der Waals surface area contributed by atoms with E-state index < -0.39 is 0 Å². The monoisotopic (exact) mass is 269 g/mol. The van der Waals surface area contributed by atoms with E-state index in [-0.39, 0.29) is 0 Å². The predicted molar refractivity (Wildman–Crippen MR) is 84.6 cm³/mol.